The lowest BCUT2D eigenvalue weighted by Gasteiger charge is -2.18. The minimum Gasteiger partial charge on any atom is -0.490 e. The van der Waals surface area contributed by atoms with E-state index in [0.717, 1.165) is 24.2 Å². The fourth-order valence-corrected chi connectivity index (χ4v) is 3.01. The molecular weight excluding hydrogens is 238 g/mol. The smallest absolute Gasteiger partial charge is 0.120 e. The van der Waals surface area contributed by atoms with Crippen molar-refractivity contribution in [3.63, 3.8) is 0 Å². The molecule has 0 aliphatic heterocycles. The maximum atomic E-state index is 10.3. The van der Waals surface area contributed by atoms with Crippen LogP contribution in [0.25, 0.3) is 6.08 Å². The second-order valence-electron chi connectivity index (χ2n) is 5.47. The van der Waals surface area contributed by atoms with Gasteiger partial charge in [0, 0.05) is 0 Å². The fourth-order valence-electron chi connectivity index (χ4n) is 3.01. The zero-order chi connectivity index (χ0) is 13.1. The molecule has 2 aliphatic carbocycles. The van der Waals surface area contributed by atoms with Crippen molar-refractivity contribution in [2.45, 2.75) is 44.6 Å². The van der Waals surface area contributed by atoms with Gasteiger partial charge in [0.15, 0.2) is 0 Å². The van der Waals surface area contributed by atoms with E-state index in [1.165, 1.54) is 36.8 Å². The SMILES string of the molecule is O=NCC1=Cc2ccc(OC3CCCC3)cc2CC1. The zero-order valence-corrected chi connectivity index (χ0v) is 11.1. The summed E-state index contributed by atoms with van der Waals surface area (Å²) in [5.74, 6) is 0.996. The largest absolute Gasteiger partial charge is 0.490 e. The molecule has 2 aliphatic rings. The monoisotopic (exact) mass is 257 g/mol. The molecular formula is C16H19NO2. The van der Waals surface area contributed by atoms with Crippen LogP contribution in [-0.2, 0) is 6.42 Å². The van der Waals surface area contributed by atoms with Gasteiger partial charge >= 0.3 is 0 Å². The minimum atomic E-state index is 0.319. The molecule has 0 saturated heterocycles. The van der Waals surface area contributed by atoms with Gasteiger partial charge < -0.3 is 4.74 Å². The van der Waals surface area contributed by atoms with Crippen LogP contribution < -0.4 is 4.74 Å². The second kappa shape index (κ2) is 5.55. The summed E-state index contributed by atoms with van der Waals surface area (Å²) in [5.41, 5.74) is 3.67. The van der Waals surface area contributed by atoms with Gasteiger partial charge in [0.1, 0.15) is 12.3 Å². The van der Waals surface area contributed by atoms with Gasteiger partial charge in [-0.2, -0.15) is 4.91 Å². The highest BCUT2D eigenvalue weighted by molar-refractivity contribution is 5.61. The Morgan fingerprint density at radius 3 is 2.84 bits per heavy atom. The molecule has 0 atom stereocenters. The van der Waals surface area contributed by atoms with E-state index in [4.69, 9.17) is 4.74 Å². The van der Waals surface area contributed by atoms with Crippen molar-refractivity contribution >= 4 is 6.08 Å². The standard InChI is InChI=1S/C16H19NO2/c18-17-11-12-5-6-14-10-16(8-7-13(14)9-12)19-15-3-1-2-4-15/h7-10,15H,1-6,11H2. The van der Waals surface area contributed by atoms with E-state index in [1.807, 2.05) is 6.07 Å². The van der Waals surface area contributed by atoms with E-state index in [2.05, 4.69) is 23.4 Å². The summed E-state index contributed by atoms with van der Waals surface area (Å²) in [6.45, 7) is 0.319. The molecule has 0 aromatic heterocycles. The lowest BCUT2D eigenvalue weighted by atomic mass is 9.92. The maximum absolute atomic E-state index is 10.3. The van der Waals surface area contributed by atoms with Crippen molar-refractivity contribution in [1.82, 2.24) is 0 Å². The predicted molar refractivity (Wildman–Crippen MR) is 76.3 cm³/mol. The molecule has 19 heavy (non-hydrogen) atoms. The predicted octanol–water partition coefficient (Wildman–Crippen LogP) is 4.10. The fraction of sp³-hybridized carbons (Fsp3) is 0.500. The zero-order valence-electron chi connectivity index (χ0n) is 11.1. The molecule has 0 unspecified atom stereocenters. The van der Waals surface area contributed by atoms with E-state index < -0.39 is 0 Å². The van der Waals surface area contributed by atoms with Gasteiger partial charge in [0.05, 0.1) is 6.10 Å². The summed E-state index contributed by atoms with van der Waals surface area (Å²) in [5, 5.41) is 2.98. The van der Waals surface area contributed by atoms with Crippen molar-refractivity contribution in [2.24, 2.45) is 5.18 Å². The highest BCUT2D eigenvalue weighted by Crippen LogP contribution is 2.30. The highest BCUT2D eigenvalue weighted by atomic mass is 16.5. The molecule has 1 aromatic carbocycles. The third kappa shape index (κ3) is 2.86. The van der Waals surface area contributed by atoms with Crippen LogP contribution >= 0.6 is 0 Å². The Morgan fingerprint density at radius 2 is 2.05 bits per heavy atom. The van der Waals surface area contributed by atoms with Crippen LogP contribution in [0.5, 0.6) is 5.75 Å². The van der Waals surface area contributed by atoms with Crippen LogP contribution in [0.15, 0.2) is 28.9 Å². The van der Waals surface area contributed by atoms with Gasteiger partial charge in [-0.25, -0.2) is 0 Å². The van der Waals surface area contributed by atoms with Crippen LogP contribution in [-0.4, -0.2) is 12.6 Å². The quantitative estimate of drug-likeness (QED) is 0.761. The summed E-state index contributed by atoms with van der Waals surface area (Å²) in [6, 6.07) is 6.31. The molecule has 1 saturated carbocycles. The van der Waals surface area contributed by atoms with E-state index >= 15 is 0 Å². The van der Waals surface area contributed by atoms with Crippen molar-refractivity contribution in [2.75, 3.05) is 6.54 Å². The molecule has 3 nitrogen and oxygen atoms in total. The second-order valence-corrected chi connectivity index (χ2v) is 5.47. The Hall–Kier alpha value is -1.64. The Labute approximate surface area is 113 Å². The van der Waals surface area contributed by atoms with E-state index in [0.29, 0.717) is 12.6 Å². The summed E-state index contributed by atoms with van der Waals surface area (Å²) in [6.07, 6.45) is 9.38. The number of fused-ring (bicyclic) bond motifs is 1. The number of hydrogen-bond donors (Lipinski definition) is 0. The number of benzene rings is 1. The van der Waals surface area contributed by atoms with Crippen LogP contribution in [0, 0.1) is 4.91 Å². The van der Waals surface area contributed by atoms with Crippen LogP contribution in [0.4, 0.5) is 0 Å². The maximum Gasteiger partial charge on any atom is 0.120 e. The first-order chi connectivity index (χ1) is 9.35. The minimum absolute atomic E-state index is 0.319. The van der Waals surface area contributed by atoms with E-state index in [1.54, 1.807) is 0 Å². The highest BCUT2D eigenvalue weighted by Gasteiger charge is 2.17. The number of aryl methyl sites for hydroxylation is 1. The van der Waals surface area contributed by atoms with Crippen molar-refractivity contribution in [1.29, 1.82) is 0 Å². The van der Waals surface area contributed by atoms with E-state index in [-0.39, 0.29) is 0 Å². The molecule has 0 spiro atoms. The summed E-state index contributed by atoms with van der Waals surface area (Å²) >= 11 is 0. The summed E-state index contributed by atoms with van der Waals surface area (Å²) in [4.78, 5) is 10.3. The van der Waals surface area contributed by atoms with Crippen molar-refractivity contribution < 1.29 is 4.74 Å². The van der Waals surface area contributed by atoms with Crippen molar-refractivity contribution in [3.05, 3.63) is 39.8 Å². The normalized spacial score (nSPS) is 18.8. The summed E-state index contributed by atoms with van der Waals surface area (Å²) in [7, 11) is 0. The number of nitroso groups, excluding NO2 is 1. The topological polar surface area (TPSA) is 38.7 Å². The molecule has 1 fully saturated rings. The molecule has 0 N–H and O–H groups in total. The Bertz CT molecular complexity index is 501. The Morgan fingerprint density at radius 1 is 1.21 bits per heavy atom. The molecule has 0 bridgehead atoms. The first kappa shape index (κ1) is 12.4. The lowest BCUT2D eigenvalue weighted by molar-refractivity contribution is 0.210. The molecule has 100 valence electrons. The average molecular weight is 257 g/mol. The Balaban J connectivity index is 1.75. The first-order valence-corrected chi connectivity index (χ1v) is 7.13. The molecule has 3 heteroatoms. The van der Waals surface area contributed by atoms with E-state index in [9.17, 15) is 4.91 Å². The third-order valence-corrected chi connectivity index (χ3v) is 4.06. The van der Waals surface area contributed by atoms with Gasteiger partial charge in [-0.3, -0.25) is 0 Å². The molecule has 0 radical (unpaired) electrons. The number of ether oxygens (including phenoxy) is 1. The molecule has 0 heterocycles. The Kier molecular flexibility index (Phi) is 3.62. The van der Waals surface area contributed by atoms with Gasteiger partial charge in [-0.1, -0.05) is 17.3 Å². The van der Waals surface area contributed by atoms with Gasteiger partial charge in [0.2, 0.25) is 0 Å². The van der Waals surface area contributed by atoms with Gasteiger partial charge in [-0.15, -0.1) is 0 Å². The number of nitrogens with zero attached hydrogens (tertiary/aromatic N) is 1. The van der Waals surface area contributed by atoms with Crippen LogP contribution in [0.1, 0.15) is 43.2 Å². The van der Waals surface area contributed by atoms with Crippen LogP contribution in [0.3, 0.4) is 0 Å². The lowest BCUT2D eigenvalue weighted by Crippen LogP contribution is -2.11. The van der Waals surface area contributed by atoms with Crippen molar-refractivity contribution in [3.8, 4) is 5.75 Å². The number of hydrogen-bond acceptors (Lipinski definition) is 3. The first-order valence-electron chi connectivity index (χ1n) is 7.13. The van der Waals surface area contributed by atoms with Gasteiger partial charge in [-0.05, 0) is 67.4 Å². The molecule has 3 rings (SSSR count). The number of rotatable bonds is 4. The average Bonchev–Trinajstić information content (AvgIpc) is 2.92. The van der Waals surface area contributed by atoms with Crippen LogP contribution in [0.2, 0.25) is 0 Å². The third-order valence-electron chi connectivity index (χ3n) is 4.06. The molecule has 0 amide bonds. The van der Waals surface area contributed by atoms with Gasteiger partial charge in [0.25, 0.3) is 0 Å². The molecule has 1 aromatic rings. The summed E-state index contributed by atoms with van der Waals surface area (Å²) < 4.78 is 6.03.